The van der Waals surface area contributed by atoms with Crippen LogP contribution >= 0.6 is 0 Å². The fraction of sp³-hybridized carbons (Fsp3) is 0.292. The SMILES string of the molecule is COc1cccc(-c2ccc(N3CCN(C(=O)Nc4ccc5c(c4)OCCO5)CC3)nn2)c1. The second-order valence-electron chi connectivity index (χ2n) is 7.77. The molecule has 2 aliphatic heterocycles. The summed E-state index contributed by atoms with van der Waals surface area (Å²) in [5.41, 5.74) is 2.43. The molecule has 0 radical (unpaired) electrons. The molecule has 0 atom stereocenters. The van der Waals surface area contributed by atoms with E-state index in [-0.39, 0.29) is 6.03 Å². The summed E-state index contributed by atoms with van der Waals surface area (Å²) in [4.78, 5) is 16.7. The summed E-state index contributed by atoms with van der Waals surface area (Å²) < 4.78 is 16.4. The number of aromatic nitrogens is 2. The third-order valence-electron chi connectivity index (χ3n) is 5.70. The fourth-order valence-corrected chi connectivity index (χ4v) is 3.89. The van der Waals surface area contributed by atoms with Crippen molar-refractivity contribution in [2.75, 3.05) is 56.7 Å². The Morgan fingerprint density at radius 1 is 0.939 bits per heavy atom. The zero-order chi connectivity index (χ0) is 22.6. The monoisotopic (exact) mass is 447 g/mol. The molecule has 0 bridgehead atoms. The van der Waals surface area contributed by atoms with Crippen molar-refractivity contribution in [3.8, 4) is 28.5 Å². The lowest BCUT2D eigenvalue weighted by atomic mass is 10.1. The number of ether oxygens (including phenoxy) is 3. The van der Waals surface area contributed by atoms with E-state index in [0.29, 0.717) is 56.6 Å². The van der Waals surface area contributed by atoms with Crippen molar-refractivity contribution in [3.63, 3.8) is 0 Å². The summed E-state index contributed by atoms with van der Waals surface area (Å²) in [7, 11) is 1.64. The number of methoxy groups -OCH3 is 1. The Morgan fingerprint density at radius 2 is 1.76 bits per heavy atom. The number of hydrogen-bond donors (Lipinski definition) is 1. The smallest absolute Gasteiger partial charge is 0.321 e. The molecule has 0 saturated carbocycles. The van der Waals surface area contributed by atoms with Crippen LogP contribution in [0.5, 0.6) is 17.2 Å². The highest BCUT2D eigenvalue weighted by atomic mass is 16.6. The maximum atomic E-state index is 12.7. The van der Waals surface area contributed by atoms with E-state index in [1.807, 2.05) is 48.5 Å². The lowest BCUT2D eigenvalue weighted by Gasteiger charge is -2.35. The maximum Gasteiger partial charge on any atom is 0.321 e. The molecule has 0 spiro atoms. The van der Waals surface area contributed by atoms with Gasteiger partial charge in [-0.05, 0) is 36.4 Å². The molecular weight excluding hydrogens is 422 g/mol. The van der Waals surface area contributed by atoms with Crippen molar-refractivity contribution in [2.24, 2.45) is 0 Å². The van der Waals surface area contributed by atoms with Crippen LogP contribution in [0.1, 0.15) is 0 Å². The lowest BCUT2D eigenvalue weighted by molar-refractivity contribution is 0.171. The molecule has 2 aliphatic rings. The third-order valence-corrected chi connectivity index (χ3v) is 5.70. The zero-order valence-electron chi connectivity index (χ0n) is 18.4. The summed E-state index contributed by atoms with van der Waals surface area (Å²) in [6.45, 7) is 3.60. The Hall–Kier alpha value is -4.01. The Morgan fingerprint density at radius 3 is 2.52 bits per heavy atom. The fourth-order valence-electron chi connectivity index (χ4n) is 3.89. The van der Waals surface area contributed by atoms with Crippen molar-refractivity contribution in [1.29, 1.82) is 0 Å². The Labute approximate surface area is 191 Å². The van der Waals surface area contributed by atoms with E-state index < -0.39 is 0 Å². The van der Waals surface area contributed by atoms with Gasteiger partial charge >= 0.3 is 6.03 Å². The van der Waals surface area contributed by atoms with E-state index in [9.17, 15) is 4.79 Å². The number of anilines is 2. The Kier molecular flexibility index (Phi) is 5.84. The molecule has 2 amide bonds. The molecule has 0 aliphatic carbocycles. The van der Waals surface area contributed by atoms with E-state index in [2.05, 4.69) is 20.4 Å². The topological polar surface area (TPSA) is 89.1 Å². The average molecular weight is 447 g/mol. The molecule has 33 heavy (non-hydrogen) atoms. The lowest BCUT2D eigenvalue weighted by Crippen LogP contribution is -2.50. The second kappa shape index (κ2) is 9.23. The highest BCUT2D eigenvalue weighted by Gasteiger charge is 2.23. The van der Waals surface area contributed by atoms with Gasteiger partial charge < -0.3 is 29.3 Å². The minimum Gasteiger partial charge on any atom is -0.497 e. The zero-order valence-corrected chi connectivity index (χ0v) is 18.4. The van der Waals surface area contributed by atoms with Gasteiger partial charge in [0.15, 0.2) is 17.3 Å². The van der Waals surface area contributed by atoms with Crippen molar-refractivity contribution in [2.45, 2.75) is 0 Å². The predicted molar refractivity (Wildman–Crippen MR) is 124 cm³/mol. The molecule has 1 saturated heterocycles. The Bertz CT molecular complexity index is 1130. The van der Waals surface area contributed by atoms with Crippen LogP contribution in [0, 0.1) is 0 Å². The number of nitrogens with one attached hydrogen (secondary N) is 1. The van der Waals surface area contributed by atoms with E-state index in [4.69, 9.17) is 14.2 Å². The van der Waals surface area contributed by atoms with Crippen molar-refractivity contribution >= 4 is 17.5 Å². The minimum atomic E-state index is -0.134. The van der Waals surface area contributed by atoms with Gasteiger partial charge in [-0.3, -0.25) is 0 Å². The number of carbonyl (C=O) groups is 1. The molecule has 9 heteroatoms. The molecular formula is C24H25N5O4. The van der Waals surface area contributed by atoms with Crippen LogP contribution in [0.15, 0.2) is 54.6 Å². The summed E-state index contributed by atoms with van der Waals surface area (Å²) in [5, 5.41) is 11.7. The number of amides is 2. The number of piperazine rings is 1. The molecule has 1 N–H and O–H groups in total. The van der Waals surface area contributed by atoms with E-state index in [1.54, 1.807) is 18.1 Å². The normalized spacial score (nSPS) is 15.2. The molecule has 9 nitrogen and oxygen atoms in total. The van der Waals surface area contributed by atoms with Gasteiger partial charge in [0.2, 0.25) is 0 Å². The van der Waals surface area contributed by atoms with Crippen LogP contribution in [-0.2, 0) is 0 Å². The van der Waals surface area contributed by atoms with Crippen LogP contribution in [0.2, 0.25) is 0 Å². The van der Waals surface area contributed by atoms with Crippen molar-refractivity contribution < 1.29 is 19.0 Å². The average Bonchev–Trinajstić information content (AvgIpc) is 2.89. The second-order valence-corrected chi connectivity index (χ2v) is 7.77. The highest BCUT2D eigenvalue weighted by Crippen LogP contribution is 2.32. The predicted octanol–water partition coefficient (Wildman–Crippen LogP) is 3.28. The molecule has 1 aromatic heterocycles. The van der Waals surface area contributed by atoms with Crippen LogP contribution in [0.3, 0.4) is 0 Å². The van der Waals surface area contributed by atoms with Gasteiger partial charge in [-0.25, -0.2) is 4.79 Å². The number of nitrogens with zero attached hydrogens (tertiary/aromatic N) is 4. The molecule has 0 unspecified atom stereocenters. The van der Waals surface area contributed by atoms with Crippen LogP contribution in [-0.4, -0.2) is 67.6 Å². The van der Waals surface area contributed by atoms with Gasteiger partial charge in [0, 0.05) is 43.5 Å². The maximum absolute atomic E-state index is 12.7. The standard InChI is InChI=1S/C24H25N5O4/c1-31-19-4-2-3-17(15-19)20-6-8-23(27-26-20)28-9-11-29(12-10-28)24(30)25-18-5-7-21-22(16-18)33-14-13-32-21/h2-8,15-16H,9-14H2,1H3,(H,25,30). The number of urea groups is 1. The Balaban J connectivity index is 1.17. The first-order valence-corrected chi connectivity index (χ1v) is 10.9. The van der Waals surface area contributed by atoms with Crippen molar-refractivity contribution in [3.05, 3.63) is 54.6 Å². The van der Waals surface area contributed by atoms with Crippen LogP contribution < -0.4 is 24.4 Å². The quantitative estimate of drug-likeness (QED) is 0.657. The first-order chi connectivity index (χ1) is 16.2. The van der Waals surface area contributed by atoms with Crippen LogP contribution in [0.25, 0.3) is 11.3 Å². The summed E-state index contributed by atoms with van der Waals surface area (Å²) in [6, 6.07) is 17.0. The molecule has 1 fully saturated rings. The number of hydrogen-bond acceptors (Lipinski definition) is 7. The largest absolute Gasteiger partial charge is 0.497 e. The van der Waals surface area contributed by atoms with Gasteiger partial charge in [-0.15, -0.1) is 10.2 Å². The summed E-state index contributed by atoms with van der Waals surface area (Å²) in [6.07, 6.45) is 0. The summed E-state index contributed by atoms with van der Waals surface area (Å²) in [5.74, 6) is 2.93. The molecule has 170 valence electrons. The van der Waals surface area contributed by atoms with Crippen LogP contribution in [0.4, 0.5) is 16.3 Å². The van der Waals surface area contributed by atoms with Gasteiger partial charge in [0.05, 0.1) is 12.8 Å². The van der Waals surface area contributed by atoms with Crippen molar-refractivity contribution in [1.82, 2.24) is 15.1 Å². The molecule has 5 rings (SSSR count). The first-order valence-electron chi connectivity index (χ1n) is 10.9. The van der Waals surface area contributed by atoms with E-state index in [0.717, 1.165) is 22.8 Å². The van der Waals surface area contributed by atoms with Gasteiger partial charge in [-0.1, -0.05) is 12.1 Å². The summed E-state index contributed by atoms with van der Waals surface area (Å²) >= 11 is 0. The number of carbonyl (C=O) groups excluding carboxylic acids is 1. The molecule has 3 aromatic rings. The number of fused-ring (bicyclic) bond motifs is 1. The third kappa shape index (κ3) is 4.62. The number of benzene rings is 2. The van der Waals surface area contributed by atoms with E-state index >= 15 is 0 Å². The minimum absolute atomic E-state index is 0.134. The van der Waals surface area contributed by atoms with Gasteiger partial charge in [0.1, 0.15) is 19.0 Å². The van der Waals surface area contributed by atoms with E-state index in [1.165, 1.54) is 0 Å². The molecule has 3 heterocycles. The van der Waals surface area contributed by atoms with Gasteiger partial charge in [-0.2, -0.15) is 0 Å². The first kappa shape index (κ1) is 20.9. The number of rotatable bonds is 4. The highest BCUT2D eigenvalue weighted by molar-refractivity contribution is 5.90. The molecule has 2 aromatic carbocycles. The van der Waals surface area contributed by atoms with Gasteiger partial charge in [0.25, 0.3) is 0 Å².